The van der Waals surface area contributed by atoms with Gasteiger partial charge in [0, 0.05) is 10.8 Å². The average molecular weight is 335 g/mol. The number of thiazole rings is 1. The van der Waals surface area contributed by atoms with E-state index in [4.69, 9.17) is 16.6 Å². The van der Waals surface area contributed by atoms with E-state index in [2.05, 4.69) is 5.38 Å². The third-order valence-electron chi connectivity index (χ3n) is 5.83. The zero-order chi connectivity index (χ0) is 15.3. The van der Waals surface area contributed by atoms with Gasteiger partial charge in [0.05, 0.1) is 11.6 Å². The van der Waals surface area contributed by atoms with Gasteiger partial charge in [-0.1, -0.05) is 0 Å². The molecule has 0 amide bonds. The summed E-state index contributed by atoms with van der Waals surface area (Å²) in [6, 6.07) is 2.05. The second-order valence-electron chi connectivity index (χ2n) is 7.30. The predicted octanol–water partition coefficient (Wildman–Crippen LogP) is 4.64. The van der Waals surface area contributed by atoms with Crippen molar-refractivity contribution >= 4 is 28.5 Å². The Labute approximate surface area is 139 Å². The van der Waals surface area contributed by atoms with E-state index < -0.39 is 0 Å². The molecule has 4 saturated carbocycles. The van der Waals surface area contributed by atoms with Crippen molar-refractivity contribution in [3.8, 4) is 6.07 Å². The number of aliphatic hydroxyl groups excluding tert-OH is 1. The van der Waals surface area contributed by atoms with E-state index in [1.165, 1.54) is 49.9 Å². The second kappa shape index (κ2) is 5.25. The van der Waals surface area contributed by atoms with E-state index in [0.717, 1.165) is 23.4 Å². The Bertz CT molecular complexity index is 637. The van der Waals surface area contributed by atoms with Crippen LogP contribution in [0.3, 0.4) is 0 Å². The largest absolute Gasteiger partial charge is 0.510 e. The molecular weight excluding hydrogens is 316 g/mol. The van der Waals surface area contributed by atoms with Crippen molar-refractivity contribution in [3.05, 3.63) is 21.8 Å². The summed E-state index contributed by atoms with van der Waals surface area (Å²) < 4.78 is 0. The van der Waals surface area contributed by atoms with E-state index in [1.807, 2.05) is 6.07 Å². The molecule has 0 saturated heterocycles. The summed E-state index contributed by atoms with van der Waals surface area (Å²) in [5, 5.41) is 21.8. The Kier molecular flexibility index (Phi) is 3.47. The first-order valence-electron chi connectivity index (χ1n) is 7.98. The van der Waals surface area contributed by atoms with Crippen molar-refractivity contribution in [1.29, 1.82) is 5.26 Å². The van der Waals surface area contributed by atoms with Gasteiger partial charge in [-0.05, 0) is 56.3 Å². The molecule has 0 radical (unpaired) electrons. The van der Waals surface area contributed by atoms with Gasteiger partial charge in [-0.15, -0.1) is 22.9 Å². The molecule has 4 aliphatic rings. The smallest absolute Gasteiger partial charge is 0.137 e. The van der Waals surface area contributed by atoms with Crippen LogP contribution >= 0.6 is 22.9 Å². The van der Waals surface area contributed by atoms with Gasteiger partial charge >= 0.3 is 0 Å². The molecule has 4 fully saturated rings. The van der Waals surface area contributed by atoms with E-state index in [-0.39, 0.29) is 22.6 Å². The molecule has 0 spiro atoms. The van der Waals surface area contributed by atoms with Crippen LogP contribution in [0, 0.1) is 29.1 Å². The summed E-state index contributed by atoms with van der Waals surface area (Å²) in [6.45, 7) is 0. The minimum absolute atomic E-state index is 0.0465. The lowest BCUT2D eigenvalue weighted by atomic mass is 9.49. The molecule has 1 aromatic heterocycles. The lowest BCUT2D eigenvalue weighted by Gasteiger charge is -2.56. The predicted molar refractivity (Wildman–Crippen MR) is 87.8 cm³/mol. The summed E-state index contributed by atoms with van der Waals surface area (Å²) in [4.78, 5) is 4.76. The van der Waals surface area contributed by atoms with Gasteiger partial charge < -0.3 is 5.11 Å². The standard InChI is InChI=1S/C17H19ClN2OS/c18-7-14(21)13(8-19)16-20-15(9-22-16)17-4-10-1-11(5-17)3-12(2-10)6-17/h9-12,21H,1-7H2/b14-13+. The molecule has 1 aromatic rings. The van der Waals surface area contributed by atoms with E-state index >= 15 is 0 Å². The number of hydrogen-bond donors (Lipinski definition) is 1. The average Bonchev–Trinajstić information content (AvgIpc) is 2.97. The Balaban J connectivity index is 1.69. The summed E-state index contributed by atoms with van der Waals surface area (Å²) in [5.74, 6) is 2.50. The molecule has 5 rings (SSSR count). The number of aliphatic hydroxyl groups is 1. The van der Waals surface area contributed by atoms with Gasteiger partial charge in [-0.2, -0.15) is 5.26 Å². The number of halogens is 1. The Morgan fingerprint density at radius 3 is 2.41 bits per heavy atom. The number of nitriles is 1. The third-order valence-corrected chi connectivity index (χ3v) is 6.94. The molecule has 0 atom stereocenters. The Morgan fingerprint density at radius 1 is 1.32 bits per heavy atom. The van der Waals surface area contributed by atoms with Gasteiger partial charge in [0.2, 0.25) is 0 Å². The van der Waals surface area contributed by atoms with Gasteiger partial charge in [-0.25, -0.2) is 4.98 Å². The molecule has 116 valence electrons. The SMILES string of the molecule is N#C/C(=C(\O)CCl)c1nc(C23CC4CC(CC(C4)C2)C3)cs1. The molecule has 5 heteroatoms. The van der Waals surface area contributed by atoms with Crippen LogP contribution in [0.5, 0.6) is 0 Å². The summed E-state index contributed by atoms with van der Waals surface area (Å²) in [7, 11) is 0. The molecular formula is C17H19ClN2OS. The van der Waals surface area contributed by atoms with E-state index in [1.54, 1.807) is 0 Å². The lowest BCUT2D eigenvalue weighted by Crippen LogP contribution is -2.48. The normalized spacial score (nSPS) is 37.0. The molecule has 0 aromatic carbocycles. The maximum Gasteiger partial charge on any atom is 0.137 e. The minimum Gasteiger partial charge on any atom is -0.510 e. The fourth-order valence-corrected chi connectivity index (χ4v) is 6.45. The van der Waals surface area contributed by atoms with Crippen LogP contribution in [-0.4, -0.2) is 16.0 Å². The van der Waals surface area contributed by atoms with Crippen LogP contribution in [0.15, 0.2) is 11.1 Å². The van der Waals surface area contributed by atoms with Crippen LogP contribution in [0.2, 0.25) is 0 Å². The highest BCUT2D eigenvalue weighted by Gasteiger charge is 2.52. The quantitative estimate of drug-likeness (QED) is 0.497. The van der Waals surface area contributed by atoms with Crippen LogP contribution in [0.25, 0.3) is 5.57 Å². The number of alkyl halides is 1. The second-order valence-corrected chi connectivity index (χ2v) is 8.43. The highest BCUT2D eigenvalue weighted by Crippen LogP contribution is 2.60. The van der Waals surface area contributed by atoms with Crippen LogP contribution in [-0.2, 0) is 5.41 Å². The zero-order valence-corrected chi connectivity index (χ0v) is 14.0. The summed E-state index contributed by atoms with van der Waals surface area (Å²) in [6.07, 6.45) is 8.01. The summed E-state index contributed by atoms with van der Waals surface area (Å²) >= 11 is 7.12. The Hall–Kier alpha value is -1.05. The highest BCUT2D eigenvalue weighted by molar-refractivity contribution is 7.11. The van der Waals surface area contributed by atoms with Crippen molar-refractivity contribution < 1.29 is 5.11 Å². The van der Waals surface area contributed by atoms with E-state index in [9.17, 15) is 10.4 Å². The highest BCUT2D eigenvalue weighted by atomic mass is 35.5. The van der Waals surface area contributed by atoms with Crippen molar-refractivity contribution in [2.24, 2.45) is 17.8 Å². The number of rotatable bonds is 3. The van der Waals surface area contributed by atoms with Crippen LogP contribution < -0.4 is 0 Å². The fraction of sp³-hybridized carbons (Fsp3) is 0.647. The molecule has 4 aliphatic carbocycles. The van der Waals surface area contributed by atoms with Crippen molar-refractivity contribution in [1.82, 2.24) is 4.98 Å². The first-order chi connectivity index (χ1) is 10.6. The first-order valence-corrected chi connectivity index (χ1v) is 9.39. The van der Waals surface area contributed by atoms with Gasteiger partial charge in [0.25, 0.3) is 0 Å². The molecule has 22 heavy (non-hydrogen) atoms. The van der Waals surface area contributed by atoms with Crippen LogP contribution in [0.1, 0.15) is 49.2 Å². The minimum atomic E-state index is -0.0735. The fourth-order valence-electron chi connectivity index (χ4n) is 5.36. The van der Waals surface area contributed by atoms with Gasteiger partial charge in [-0.3, -0.25) is 0 Å². The Morgan fingerprint density at radius 2 is 1.91 bits per heavy atom. The van der Waals surface area contributed by atoms with E-state index in [0.29, 0.717) is 5.01 Å². The van der Waals surface area contributed by atoms with Crippen LogP contribution in [0.4, 0.5) is 0 Å². The molecule has 1 heterocycles. The maximum atomic E-state index is 9.81. The monoisotopic (exact) mass is 334 g/mol. The van der Waals surface area contributed by atoms with Gasteiger partial charge in [0.1, 0.15) is 22.4 Å². The molecule has 0 aliphatic heterocycles. The number of hydrogen-bond acceptors (Lipinski definition) is 4. The van der Waals surface area contributed by atoms with Gasteiger partial charge in [0.15, 0.2) is 0 Å². The maximum absolute atomic E-state index is 9.81. The topological polar surface area (TPSA) is 56.9 Å². The lowest BCUT2D eigenvalue weighted by molar-refractivity contribution is -0.00694. The molecule has 0 unspecified atom stereocenters. The van der Waals surface area contributed by atoms with Crippen molar-refractivity contribution in [2.45, 2.75) is 43.9 Å². The molecule has 4 bridgehead atoms. The first kappa shape index (κ1) is 14.5. The zero-order valence-electron chi connectivity index (χ0n) is 12.4. The van der Waals surface area contributed by atoms with Crippen molar-refractivity contribution in [2.75, 3.05) is 5.88 Å². The number of aromatic nitrogens is 1. The molecule has 3 nitrogen and oxygen atoms in total. The summed E-state index contributed by atoms with van der Waals surface area (Å²) in [5.41, 5.74) is 1.62. The molecule has 1 N–H and O–H groups in total. The number of allylic oxidation sites excluding steroid dienone is 2. The third kappa shape index (κ3) is 2.18. The van der Waals surface area contributed by atoms with Crippen molar-refractivity contribution in [3.63, 3.8) is 0 Å². The number of nitrogens with zero attached hydrogens (tertiary/aromatic N) is 2.